The fraction of sp³-hybridized carbons (Fsp3) is 0.389. The molecule has 0 spiro atoms. The molecule has 26 heavy (non-hydrogen) atoms. The summed E-state index contributed by atoms with van der Waals surface area (Å²) < 4.78 is 13.4. The molecule has 0 bridgehead atoms. The highest BCUT2D eigenvalue weighted by Crippen LogP contribution is 2.40. The predicted octanol–water partition coefficient (Wildman–Crippen LogP) is 3.43. The van der Waals surface area contributed by atoms with Gasteiger partial charge in [0.05, 0.1) is 18.2 Å². The van der Waals surface area contributed by atoms with Crippen LogP contribution in [0, 0.1) is 0 Å². The summed E-state index contributed by atoms with van der Waals surface area (Å²) in [5.74, 6) is 3.57. The lowest BCUT2D eigenvalue weighted by atomic mass is 10.2. The molecule has 1 aliphatic carbocycles. The zero-order valence-electron chi connectivity index (χ0n) is 14.1. The SMILES string of the molecule is Clc1cc(CNc2nccn3c(C4CC4)nnc23)cc2c1OCCCO2. The van der Waals surface area contributed by atoms with Crippen LogP contribution in [0.5, 0.6) is 11.5 Å². The van der Waals surface area contributed by atoms with Crippen molar-refractivity contribution in [1.82, 2.24) is 19.6 Å². The van der Waals surface area contributed by atoms with E-state index in [4.69, 9.17) is 21.1 Å². The van der Waals surface area contributed by atoms with E-state index >= 15 is 0 Å². The lowest BCUT2D eigenvalue weighted by Gasteiger charge is -2.12. The molecule has 1 aromatic carbocycles. The van der Waals surface area contributed by atoms with E-state index in [1.165, 1.54) is 12.8 Å². The molecule has 0 saturated heterocycles. The minimum Gasteiger partial charge on any atom is -0.489 e. The van der Waals surface area contributed by atoms with Crippen LogP contribution >= 0.6 is 11.6 Å². The van der Waals surface area contributed by atoms with Gasteiger partial charge >= 0.3 is 0 Å². The van der Waals surface area contributed by atoms with Crippen LogP contribution in [-0.2, 0) is 6.54 Å². The monoisotopic (exact) mass is 371 g/mol. The number of nitrogens with one attached hydrogen (secondary N) is 1. The molecule has 1 N–H and O–H groups in total. The minimum absolute atomic E-state index is 0.529. The van der Waals surface area contributed by atoms with Crippen molar-refractivity contribution in [2.75, 3.05) is 18.5 Å². The molecule has 0 atom stereocenters. The fourth-order valence-corrected chi connectivity index (χ4v) is 3.45. The first-order valence-corrected chi connectivity index (χ1v) is 9.19. The van der Waals surface area contributed by atoms with E-state index in [1.54, 1.807) is 6.20 Å². The largest absolute Gasteiger partial charge is 0.489 e. The molecule has 8 heteroatoms. The number of hydrogen-bond donors (Lipinski definition) is 1. The van der Waals surface area contributed by atoms with Gasteiger partial charge in [0.25, 0.3) is 0 Å². The van der Waals surface area contributed by atoms with E-state index < -0.39 is 0 Å². The van der Waals surface area contributed by atoms with Crippen LogP contribution in [0.25, 0.3) is 5.65 Å². The molecule has 3 aromatic rings. The average Bonchev–Trinajstić information content (AvgIpc) is 3.43. The maximum atomic E-state index is 6.37. The molecule has 5 rings (SSSR count). The number of fused-ring (bicyclic) bond motifs is 2. The Morgan fingerprint density at radius 3 is 2.96 bits per heavy atom. The second kappa shape index (κ2) is 6.32. The molecule has 3 heterocycles. The highest BCUT2D eigenvalue weighted by Gasteiger charge is 2.29. The van der Waals surface area contributed by atoms with Crippen molar-refractivity contribution in [3.8, 4) is 11.5 Å². The van der Waals surface area contributed by atoms with Gasteiger partial charge in [-0.1, -0.05) is 11.6 Å². The number of halogens is 1. The Morgan fingerprint density at radius 1 is 1.19 bits per heavy atom. The standard InChI is InChI=1S/C18H18ClN5O2/c19-13-8-11(9-14-15(13)26-7-1-6-25-14)10-21-16-18-23-22-17(12-2-3-12)24(18)5-4-20-16/h4-5,8-9,12H,1-3,6-7,10H2,(H,20,21). The van der Waals surface area contributed by atoms with Gasteiger partial charge in [-0.2, -0.15) is 0 Å². The Bertz CT molecular complexity index is 970. The van der Waals surface area contributed by atoms with Crippen molar-refractivity contribution in [2.45, 2.75) is 31.7 Å². The summed E-state index contributed by atoms with van der Waals surface area (Å²) in [5, 5.41) is 12.5. The first-order valence-electron chi connectivity index (χ1n) is 8.81. The molecule has 7 nitrogen and oxygen atoms in total. The van der Waals surface area contributed by atoms with Crippen molar-refractivity contribution in [3.63, 3.8) is 0 Å². The van der Waals surface area contributed by atoms with Gasteiger partial charge in [-0.05, 0) is 30.5 Å². The number of ether oxygens (including phenoxy) is 2. The Kier molecular flexibility index (Phi) is 3.81. The number of hydrogen-bond acceptors (Lipinski definition) is 6. The first kappa shape index (κ1) is 15.7. The van der Waals surface area contributed by atoms with Crippen LogP contribution in [0.4, 0.5) is 5.82 Å². The van der Waals surface area contributed by atoms with E-state index in [0.717, 1.165) is 23.5 Å². The minimum atomic E-state index is 0.529. The van der Waals surface area contributed by atoms with Crippen molar-refractivity contribution in [1.29, 1.82) is 0 Å². The Hall–Kier alpha value is -2.54. The third kappa shape index (κ3) is 2.82. The summed E-state index contributed by atoms with van der Waals surface area (Å²) in [5.41, 5.74) is 1.74. The second-order valence-electron chi connectivity index (χ2n) is 6.61. The summed E-state index contributed by atoms with van der Waals surface area (Å²) in [6.45, 7) is 1.80. The first-order chi connectivity index (χ1) is 12.8. The smallest absolute Gasteiger partial charge is 0.203 e. The molecule has 1 aliphatic heterocycles. The molecule has 0 unspecified atom stereocenters. The number of nitrogens with zero attached hydrogens (tertiary/aromatic N) is 4. The van der Waals surface area contributed by atoms with Gasteiger partial charge in [0.1, 0.15) is 5.82 Å². The second-order valence-corrected chi connectivity index (χ2v) is 7.02. The predicted molar refractivity (Wildman–Crippen MR) is 97.1 cm³/mol. The van der Waals surface area contributed by atoms with Gasteiger partial charge < -0.3 is 14.8 Å². The normalized spacial score (nSPS) is 16.5. The van der Waals surface area contributed by atoms with E-state index in [2.05, 4.69) is 20.5 Å². The molecule has 1 fully saturated rings. The molecular formula is C18H18ClN5O2. The van der Waals surface area contributed by atoms with Crippen molar-refractivity contribution >= 4 is 23.1 Å². The topological polar surface area (TPSA) is 73.6 Å². The average molecular weight is 372 g/mol. The lowest BCUT2D eigenvalue weighted by molar-refractivity contribution is 0.297. The van der Waals surface area contributed by atoms with Crippen LogP contribution in [0.15, 0.2) is 24.5 Å². The number of anilines is 1. The summed E-state index contributed by atoms with van der Waals surface area (Å²) in [6.07, 6.45) is 6.90. The fourth-order valence-electron chi connectivity index (χ4n) is 3.16. The van der Waals surface area contributed by atoms with E-state index in [-0.39, 0.29) is 0 Å². The van der Waals surface area contributed by atoms with Crippen LogP contribution in [0.2, 0.25) is 5.02 Å². The van der Waals surface area contributed by atoms with E-state index in [0.29, 0.717) is 48.0 Å². The maximum absolute atomic E-state index is 6.37. The summed E-state index contributed by atoms with van der Waals surface area (Å²) in [6, 6.07) is 3.85. The van der Waals surface area contributed by atoms with Gasteiger partial charge in [0, 0.05) is 31.3 Å². The molecule has 134 valence electrons. The van der Waals surface area contributed by atoms with E-state index in [9.17, 15) is 0 Å². The molecule has 1 saturated carbocycles. The molecule has 0 radical (unpaired) electrons. The van der Waals surface area contributed by atoms with Gasteiger partial charge in [-0.25, -0.2) is 4.98 Å². The highest BCUT2D eigenvalue weighted by atomic mass is 35.5. The molecule has 0 amide bonds. The third-order valence-electron chi connectivity index (χ3n) is 4.62. The molecule has 2 aliphatic rings. The Morgan fingerprint density at radius 2 is 2.08 bits per heavy atom. The van der Waals surface area contributed by atoms with Gasteiger partial charge in [-0.15, -0.1) is 10.2 Å². The van der Waals surface area contributed by atoms with Crippen molar-refractivity contribution in [2.24, 2.45) is 0 Å². The number of aromatic nitrogens is 4. The number of rotatable bonds is 4. The number of benzene rings is 1. The van der Waals surface area contributed by atoms with Gasteiger partial charge in [-0.3, -0.25) is 4.40 Å². The molecule has 2 aromatic heterocycles. The summed E-state index contributed by atoms with van der Waals surface area (Å²) in [4.78, 5) is 4.42. The van der Waals surface area contributed by atoms with Crippen molar-refractivity contribution in [3.05, 3.63) is 40.9 Å². The van der Waals surface area contributed by atoms with Gasteiger partial charge in [0.15, 0.2) is 17.3 Å². The van der Waals surface area contributed by atoms with Gasteiger partial charge in [0.2, 0.25) is 5.65 Å². The lowest BCUT2D eigenvalue weighted by Crippen LogP contribution is -2.05. The summed E-state index contributed by atoms with van der Waals surface area (Å²) in [7, 11) is 0. The van der Waals surface area contributed by atoms with E-state index in [1.807, 2.05) is 22.7 Å². The van der Waals surface area contributed by atoms with Crippen LogP contribution in [0.3, 0.4) is 0 Å². The van der Waals surface area contributed by atoms with Crippen LogP contribution in [-0.4, -0.2) is 32.8 Å². The quantitative estimate of drug-likeness (QED) is 0.757. The molecular weight excluding hydrogens is 354 g/mol. The summed E-state index contributed by atoms with van der Waals surface area (Å²) >= 11 is 6.37. The van der Waals surface area contributed by atoms with Crippen LogP contribution in [0.1, 0.15) is 36.6 Å². The highest BCUT2D eigenvalue weighted by molar-refractivity contribution is 6.32. The Balaban J connectivity index is 1.40. The van der Waals surface area contributed by atoms with Crippen molar-refractivity contribution < 1.29 is 9.47 Å². The maximum Gasteiger partial charge on any atom is 0.203 e. The Labute approximate surface area is 155 Å². The zero-order valence-corrected chi connectivity index (χ0v) is 14.9. The zero-order chi connectivity index (χ0) is 17.5. The van der Waals surface area contributed by atoms with Crippen LogP contribution < -0.4 is 14.8 Å². The third-order valence-corrected chi connectivity index (χ3v) is 4.90.